The minimum Gasteiger partial charge on any atom is -0.398 e. The van der Waals surface area contributed by atoms with Gasteiger partial charge in [-0.1, -0.05) is 44.2 Å². The summed E-state index contributed by atoms with van der Waals surface area (Å²) in [7, 11) is -3.42. The van der Waals surface area contributed by atoms with Gasteiger partial charge in [0.25, 0.3) is 0 Å². The lowest BCUT2D eigenvalue weighted by Gasteiger charge is -2.10. The second-order valence-electron chi connectivity index (χ2n) is 5.70. The van der Waals surface area contributed by atoms with Crippen molar-refractivity contribution >= 4 is 15.5 Å². The SMILES string of the molecule is Cc1ccc(S(=O)(=O)Cc2ccc(C(C)C)cc2)c(N)c1. The van der Waals surface area contributed by atoms with E-state index in [4.69, 9.17) is 5.73 Å². The highest BCUT2D eigenvalue weighted by Gasteiger charge is 2.18. The Balaban J connectivity index is 2.28. The summed E-state index contributed by atoms with van der Waals surface area (Å²) in [4.78, 5) is 0.209. The zero-order chi connectivity index (χ0) is 15.6. The van der Waals surface area contributed by atoms with E-state index < -0.39 is 9.84 Å². The molecule has 2 rings (SSSR count). The van der Waals surface area contributed by atoms with Crippen molar-refractivity contribution in [2.45, 2.75) is 37.3 Å². The standard InChI is InChI=1S/C17H21NO2S/c1-12(2)15-7-5-14(6-8-15)11-21(19,20)17-9-4-13(3)10-16(17)18/h4-10,12H,11,18H2,1-3H3. The summed E-state index contributed by atoms with van der Waals surface area (Å²) in [6.45, 7) is 6.11. The van der Waals surface area contributed by atoms with Crippen LogP contribution in [0.5, 0.6) is 0 Å². The van der Waals surface area contributed by atoms with Crippen LogP contribution in [0.25, 0.3) is 0 Å². The molecule has 0 fully saturated rings. The van der Waals surface area contributed by atoms with Gasteiger partial charge in [-0.05, 0) is 41.7 Å². The van der Waals surface area contributed by atoms with Gasteiger partial charge in [0.1, 0.15) is 0 Å². The zero-order valence-electron chi connectivity index (χ0n) is 12.6. The molecule has 112 valence electrons. The van der Waals surface area contributed by atoms with E-state index in [1.807, 2.05) is 31.2 Å². The lowest BCUT2D eigenvalue weighted by atomic mass is 10.0. The topological polar surface area (TPSA) is 60.2 Å². The fraction of sp³-hybridized carbons (Fsp3) is 0.294. The van der Waals surface area contributed by atoms with Gasteiger partial charge in [-0.15, -0.1) is 0 Å². The van der Waals surface area contributed by atoms with Gasteiger partial charge in [0, 0.05) is 0 Å². The predicted octanol–water partition coefficient (Wildman–Crippen LogP) is 3.67. The summed E-state index contributed by atoms with van der Waals surface area (Å²) in [5.41, 5.74) is 9.09. The first-order chi connectivity index (χ1) is 9.79. The van der Waals surface area contributed by atoms with Crippen molar-refractivity contribution < 1.29 is 8.42 Å². The molecule has 0 bridgehead atoms. The summed E-state index contributed by atoms with van der Waals surface area (Å²) in [5.74, 6) is 0.405. The van der Waals surface area contributed by atoms with Crippen LogP contribution < -0.4 is 5.73 Å². The first-order valence-corrected chi connectivity index (χ1v) is 8.62. The van der Waals surface area contributed by atoms with Crippen LogP contribution in [-0.4, -0.2) is 8.42 Å². The number of benzene rings is 2. The first-order valence-electron chi connectivity index (χ1n) is 6.97. The lowest BCUT2D eigenvalue weighted by molar-refractivity contribution is 0.595. The molecule has 0 amide bonds. The van der Waals surface area contributed by atoms with E-state index in [1.165, 1.54) is 5.56 Å². The fourth-order valence-corrected chi connectivity index (χ4v) is 3.73. The van der Waals surface area contributed by atoms with Crippen LogP contribution >= 0.6 is 0 Å². The number of rotatable bonds is 4. The van der Waals surface area contributed by atoms with E-state index >= 15 is 0 Å². The number of anilines is 1. The predicted molar refractivity (Wildman–Crippen MR) is 87.0 cm³/mol. The Morgan fingerprint density at radius 1 is 1.05 bits per heavy atom. The first kappa shape index (κ1) is 15.6. The number of hydrogen-bond donors (Lipinski definition) is 1. The van der Waals surface area contributed by atoms with Gasteiger partial charge in [0.05, 0.1) is 16.3 Å². The van der Waals surface area contributed by atoms with E-state index in [0.29, 0.717) is 11.6 Å². The molecule has 3 nitrogen and oxygen atoms in total. The molecule has 0 heterocycles. The van der Waals surface area contributed by atoms with Crippen molar-refractivity contribution in [2.24, 2.45) is 0 Å². The summed E-state index contributed by atoms with van der Waals surface area (Å²) in [6, 6.07) is 12.7. The summed E-state index contributed by atoms with van der Waals surface area (Å²) in [6.07, 6.45) is 0. The van der Waals surface area contributed by atoms with Crippen molar-refractivity contribution in [2.75, 3.05) is 5.73 Å². The zero-order valence-corrected chi connectivity index (χ0v) is 13.4. The van der Waals surface area contributed by atoms with Crippen molar-refractivity contribution in [3.05, 3.63) is 59.2 Å². The largest absolute Gasteiger partial charge is 0.398 e. The number of sulfone groups is 1. The van der Waals surface area contributed by atoms with Crippen LogP contribution in [0.15, 0.2) is 47.4 Å². The van der Waals surface area contributed by atoms with E-state index in [2.05, 4.69) is 13.8 Å². The lowest BCUT2D eigenvalue weighted by Crippen LogP contribution is -2.08. The fourth-order valence-electron chi connectivity index (χ4n) is 2.25. The normalized spacial score (nSPS) is 11.8. The Bertz CT molecular complexity index is 732. The summed E-state index contributed by atoms with van der Waals surface area (Å²) < 4.78 is 24.9. The number of nitrogens with two attached hydrogens (primary N) is 1. The van der Waals surface area contributed by atoms with Gasteiger partial charge < -0.3 is 5.73 Å². The summed E-state index contributed by atoms with van der Waals surface area (Å²) in [5, 5.41) is 0. The Morgan fingerprint density at radius 3 is 2.19 bits per heavy atom. The molecule has 0 aliphatic carbocycles. The number of nitrogen functional groups attached to an aromatic ring is 1. The molecule has 0 unspecified atom stereocenters. The Hall–Kier alpha value is -1.81. The molecule has 0 saturated heterocycles. The quantitative estimate of drug-likeness (QED) is 0.877. The maximum absolute atomic E-state index is 12.5. The molecule has 21 heavy (non-hydrogen) atoms. The highest BCUT2D eigenvalue weighted by Crippen LogP contribution is 2.24. The highest BCUT2D eigenvalue weighted by molar-refractivity contribution is 7.90. The van der Waals surface area contributed by atoms with Gasteiger partial charge in [-0.2, -0.15) is 0 Å². The van der Waals surface area contributed by atoms with Crippen molar-refractivity contribution in [1.82, 2.24) is 0 Å². The second-order valence-corrected chi connectivity index (χ2v) is 7.65. The smallest absolute Gasteiger partial charge is 0.184 e. The van der Waals surface area contributed by atoms with Gasteiger partial charge in [0.15, 0.2) is 9.84 Å². The van der Waals surface area contributed by atoms with Crippen molar-refractivity contribution in [3.8, 4) is 0 Å². The molecule has 0 aliphatic heterocycles. The summed E-state index contributed by atoms with van der Waals surface area (Å²) >= 11 is 0. The minimum atomic E-state index is -3.42. The number of hydrogen-bond acceptors (Lipinski definition) is 3. The molecule has 2 aromatic carbocycles. The molecule has 0 aliphatic rings. The Labute approximate surface area is 126 Å². The maximum Gasteiger partial charge on any atom is 0.184 e. The Morgan fingerprint density at radius 2 is 1.67 bits per heavy atom. The van der Waals surface area contributed by atoms with Gasteiger partial charge in [-0.25, -0.2) is 8.42 Å². The monoisotopic (exact) mass is 303 g/mol. The third-order valence-electron chi connectivity index (χ3n) is 3.50. The molecule has 0 atom stereocenters. The molecule has 0 radical (unpaired) electrons. The van der Waals surface area contributed by atoms with Crippen LogP contribution in [0.3, 0.4) is 0 Å². The highest BCUT2D eigenvalue weighted by atomic mass is 32.2. The van der Waals surface area contributed by atoms with E-state index in [0.717, 1.165) is 11.1 Å². The Kier molecular flexibility index (Phi) is 4.37. The molecule has 4 heteroatoms. The second kappa shape index (κ2) is 5.90. The number of aryl methyl sites for hydroxylation is 1. The third kappa shape index (κ3) is 3.64. The van der Waals surface area contributed by atoms with Gasteiger partial charge in [-0.3, -0.25) is 0 Å². The van der Waals surface area contributed by atoms with Crippen LogP contribution in [0, 0.1) is 6.92 Å². The van der Waals surface area contributed by atoms with Gasteiger partial charge >= 0.3 is 0 Å². The van der Waals surface area contributed by atoms with Crippen molar-refractivity contribution in [3.63, 3.8) is 0 Å². The van der Waals surface area contributed by atoms with E-state index in [9.17, 15) is 8.42 Å². The molecular weight excluding hydrogens is 282 g/mol. The molecule has 2 aromatic rings. The average molecular weight is 303 g/mol. The average Bonchev–Trinajstić information content (AvgIpc) is 2.38. The molecule has 0 aromatic heterocycles. The molecule has 2 N–H and O–H groups in total. The van der Waals surface area contributed by atoms with E-state index in [-0.39, 0.29) is 10.6 Å². The van der Waals surface area contributed by atoms with Crippen LogP contribution in [-0.2, 0) is 15.6 Å². The third-order valence-corrected chi connectivity index (χ3v) is 5.26. The minimum absolute atomic E-state index is 0.0291. The van der Waals surface area contributed by atoms with E-state index in [1.54, 1.807) is 18.2 Å². The van der Waals surface area contributed by atoms with Crippen LogP contribution in [0.1, 0.15) is 36.5 Å². The van der Waals surface area contributed by atoms with Crippen LogP contribution in [0.4, 0.5) is 5.69 Å². The maximum atomic E-state index is 12.5. The molecule has 0 spiro atoms. The molecule has 0 saturated carbocycles. The van der Waals surface area contributed by atoms with Crippen LogP contribution in [0.2, 0.25) is 0 Å². The molecular formula is C17H21NO2S. The van der Waals surface area contributed by atoms with Crippen molar-refractivity contribution in [1.29, 1.82) is 0 Å². The van der Waals surface area contributed by atoms with Gasteiger partial charge in [0.2, 0.25) is 0 Å².